The quantitative estimate of drug-likeness (QED) is 0.439. The number of ether oxygens (including phenoxy) is 5. The molecule has 0 amide bonds. The van der Waals surface area contributed by atoms with E-state index in [-0.39, 0.29) is 11.3 Å². The van der Waals surface area contributed by atoms with Crippen molar-refractivity contribution in [3.63, 3.8) is 0 Å². The number of ketones is 2. The summed E-state index contributed by atoms with van der Waals surface area (Å²) in [6.07, 6.45) is 8.55. The fourth-order valence-corrected chi connectivity index (χ4v) is 3.15. The van der Waals surface area contributed by atoms with Crippen LogP contribution in [0, 0.1) is 0 Å². The van der Waals surface area contributed by atoms with Gasteiger partial charge in [0.2, 0.25) is 11.6 Å². The summed E-state index contributed by atoms with van der Waals surface area (Å²) in [5, 5.41) is 0. The molecule has 166 valence electrons. The van der Waals surface area contributed by atoms with Crippen molar-refractivity contribution in [2.24, 2.45) is 0 Å². The number of hydrogen-bond acceptors (Lipinski definition) is 9. The Kier molecular flexibility index (Phi) is 7.14. The third-order valence-electron chi connectivity index (χ3n) is 4.61. The summed E-state index contributed by atoms with van der Waals surface area (Å²) in [5.74, 6) is -6.49. The number of hydrogen-bond donors (Lipinski definition) is 0. The summed E-state index contributed by atoms with van der Waals surface area (Å²) in [5.41, 5.74) is 1.15. The first kappa shape index (κ1) is 24.0. The maximum atomic E-state index is 13.2. The van der Waals surface area contributed by atoms with Crippen LogP contribution in [0.4, 0.5) is 0 Å². The van der Waals surface area contributed by atoms with Crippen LogP contribution in [0.25, 0.3) is 0 Å². The molecule has 0 heterocycles. The van der Waals surface area contributed by atoms with Crippen LogP contribution in [-0.2, 0) is 42.9 Å². The molecule has 0 aromatic carbocycles. The molecule has 0 spiro atoms. The molecule has 0 saturated carbocycles. The molecular weight excluding hydrogens is 408 g/mol. The van der Waals surface area contributed by atoms with E-state index >= 15 is 0 Å². The van der Waals surface area contributed by atoms with Gasteiger partial charge in [-0.3, -0.25) is 19.2 Å². The topological polar surface area (TPSA) is 114 Å². The van der Waals surface area contributed by atoms with E-state index in [0.29, 0.717) is 11.1 Å². The van der Waals surface area contributed by atoms with Gasteiger partial charge in [-0.25, -0.2) is 0 Å². The van der Waals surface area contributed by atoms with Crippen LogP contribution in [0.5, 0.6) is 0 Å². The average Bonchev–Trinajstić information content (AvgIpc) is 2.71. The van der Waals surface area contributed by atoms with E-state index in [4.69, 9.17) is 23.7 Å². The van der Waals surface area contributed by atoms with Gasteiger partial charge < -0.3 is 23.7 Å². The molecule has 0 fully saturated rings. The highest BCUT2D eigenvalue weighted by Crippen LogP contribution is 2.35. The largest absolute Gasteiger partial charge is 0.494 e. The highest BCUT2D eigenvalue weighted by molar-refractivity contribution is 6.08. The Balaban J connectivity index is 2.40. The molecule has 31 heavy (non-hydrogen) atoms. The first-order valence-corrected chi connectivity index (χ1v) is 9.20. The Bertz CT molecular complexity index is 963. The highest BCUT2D eigenvalue weighted by Gasteiger charge is 2.51. The number of methoxy groups -OCH3 is 3. The number of Topliss-reactive ketones (excluding diaryl/α,β-unsaturated/α-hetero) is 1. The van der Waals surface area contributed by atoms with Crippen molar-refractivity contribution < 1.29 is 42.9 Å². The summed E-state index contributed by atoms with van der Waals surface area (Å²) in [6, 6.07) is 0. The highest BCUT2D eigenvalue weighted by atomic mass is 16.7. The van der Waals surface area contributed by atoms with Crippen molar-refractivity contribution in [1.82, 2.24) is 0 Å². The van der Waals surface area contributed by atoms with Crippen molar-refractivity contribution in [1.29, 1.82) is 0 Å². The molecule has 2 rings (SSSR count). The van der Waals surface area contributed by atoms with Crippen LogP contribution in [0.15, 0.2) is 58.9 Å². The van der Waals surface area contributed by atoms with Crippen molar-refractivity contribution in [3.8, 4) is 0 Å². The fourth-order valence-electron chi connectivity index (χ4n) is 3.15. The molecule has 0 bridgehead atoms. The van der Waals surface area contributed by atoms with Gasteiger partial charge >= 0.3 is 17.7 Å². The van der Waals surface area contributed by atoms with E-state index in [1.807, 2.05) is 0 Å². The van der Waals surface area contributed by atoms with Crippen LogP contribution >= 0.6 is 0 Å². The number of esters is 2. The zero-order chi connectivity index (χ0) is 23.4. The monoisotopic (exact) mass is 432 g/mol. The zero-order valence-electron chi connectivity index (χ0n) is 18.1. The van der Waals surface area contributed by atoms with Crippen LogP contribution < -0.4 is 0 Å². The smallest absolute Gasteiger partial charge is 0.337 e. The number of rotatable bonds is 7. The lowest BCUT2D eigenvalue weighted by Gasteiger charge is -2.34. The van der Waals surface area contributed by atoms with Crippen molar-refractivity contribution >= 4 is 23.5 Å². The summed E-state index contributed by atoms with van der Waals surface area (Å²) < 4.78 is 25.8. The van der Waals surface area contributed by atoms with E-state index in [0.717, 1.165) is 13.8 Å². The maximum Gasteiger partial charge on any atom is 0.337 e. The normalized spacial score (nSPS) is 26.0. The molecule has 0 N–H and O–H groups in total. The molecule has 2 aliphatic rings. The Morgan fingerprint density at radius 1 is 0.935 bits per heavy atom. The Labute approximate surface area is 179 Å². The first-order chi connectivity index (χ1) is 14.5. The summed E-state index contributed by atoms with van der Waals surface area (Å²) in [6.45, 7) is 3.99. The molecule has 2 aliphatic carbocycles. The number of carbonyl (C=O) groups is 4. The lowest BCUT2D eigenvalue weighted by atomic mass is 9.89. The van der Waals surface area contributed by atoms with Gasteiger partial charge in [0, 0.05) is 33.6 Å². The number of carbonyl (C=O) groups excluding carboxylic acids is 4. The third kappa shape index (κ3) is 4.57. The predicted octanol–water partition coefficient (Wildman–Crippen LogP) is 1.85. The van der Waals surface area contributed by atoms with Crippen LogP contribution in [0.2, 0.25) is 0 Å². The third-order valence-corrected chi connectivity index (χ3v) is 4.61. The lowest BCUT2D eigenvalue weighted by molar-refractivity contribution is -0.212. The van der Waals surface area contributed by atoms with E-state index in [1.165, 1.54) is 57.8 Å². The van der Waals surface area contributed by atoms with E-state index in [2.05, 4.69) is 0 Å². The SMILES string of the molecule is COC1=CC(C)=C(/C=C/C2=CC(=O)C(OC)(OC(C)=O)C=C2)C(=O)C1(OC)OC(C)=O. The van der Waals surface area contributed by atoms with E-state index in [1.54, 1.807) is 6.92 Å². The summed E-state index contributed by atoms with van der Waals surface area (Å²) in [7, 11) is 3.80. The van der Waals surface area contributed by atoms with Gasteiger partial charge in [0.1, 0.15) is 0 Å². The van der Waals surface area contributed by atoms with Crippen LogP contribution in [0.1, 0.15) is 20.8 Å². The van der Waals surface area contributed by atoms with Gasteiger partial charge in [-0.1, -0.05) is 18.2 Å². The molecule has 0 saturated heterocycles. The van der Waals surface area contributed by atoms with E-state index < -0.39 is 35.1 Å². The zero-order valence-corrected chi connectivity index (χ0v) is 18.1. The second-order valence-corrected chi connectivity index (χ2v) is 6.69. The second kappa shape index (κ2) is 9.23. The van der Waals surface area contributed by atoms with Crippen molar-refractivity contribution in [2.75, 3.05) is 21.3 Å². The molecule has 0 aromatic heterocycles. The molecule has 0 aromatic rings. The minimum Gasteiger partial charge on any atom is -0.494 e. The Hall–Kier alpha value is -3.30. The average molecular weight is 432 g/mol. The van der Waals surface area contributed by atoms with Crippen LogP contribution in [0.3, 0.4) is 0 Å². The lowest BCUT2D eigenvalue weighted by Crippen LogP contribution is -2.49. The standard InChI is InChI=1S/C22H24O9/c1-13-11-19(27-4)22(29-6,31-15(3)24)20(26)17(13)8-7-16-9-10-21(28-5,18(25)12-16)30-14(2)23/h7-12H,1-6H3/b8-7+. The minimum atomic E-state index is -2.05. The Morgan fingerprint density at radius 3 is 2.06 bits per heavy atom. The first-order valence-electron chi connectivity index (χ1n) is 9.20. The molecular formula is C22H24O9. The van der Waals surface area contributed by atoms with Gasteiger partial charge in [-0.05, 0) is 36.3 Å². The Morgan fingerprint density at radius 2 is 1.58 bits per heavy atom. The summed E-state index contributed by atoms with van der Waals surface area (Å²) >= 11 is 0. The van der Waals surface area contributed by atoms with Gasteiger partial charge in [-0.15, -0.1) is 0 Å². The predicted molar refractivity (Wildman–Crippen MR) is 107 cm³/mol. The van der Waals surface area contributed by atoms with Crippen molar-refractivity contribution in [3.05, 3.63) is 58.9 Å². The molecule has 9 nitrogen and oxygen atoms in total. The molecule has 0 aliphatic heterocycles. The van der Waals surface area contributed by atoms with E-state index in [9.17, 15) is 19.2 Å². The van der Waals surface area contributed by atoms with Crippen LogP contribution in [-0.4, -0.2) is 56.4 Å². The molecule has 2 unspecified atom stereocenters. The molecule has 9 heteroatoms. The van der Waals surface area contributed by atoms with Crippen molar-refractivity contribution in [2.45, 2.75) is 32.3 Å². The molecule has 0 radical (unpaired) electrons. The number of allylic oxidation sites excluding steroid dienone is 6. The van der Waals surface area contributed by atoms with Gasteiger partial charge in [0.05, 0.1) is 7.11 Å². The fraction of sp³-hybridized carbons (Fsp3) is 0.364. The maximum absolute atomic E-state index is 13.2. The van der Waals surface area contributed by atoms with Gasteiger partial charge in [-0.2, -0.15) is 0 Å². The molecule has 2 atom stereocenters. The second-order valence-electron chi connectivity index (χ2n) is 6.69. The van der Waals surface area contributed by atoms with Gasteiger partial charge in [0.15, 0.2) is 5.76 Å². The summed E-state index contributed by atoms with van der Waals surface area (Å²) in [4.78, 5) is 48.6. The van der Waals surface area contributed by atoms with Gasteiger partial charge in [0.25, 0.3) is 5.79 Å². The minimum absolute atomic E-state index is 0.0306.